The molecular weight excluding hydrogens is 334 g/mol. The summed E-state index contributed by atoms with van der Waals surface area (Å²) in [5.74, 6) is 0.945. The minimum Gasteiger partial charge on any atom is -0.493 e. The van der Waals surface area contributed by atoms with E-state index in [1.165, 1.54) is 31.5 Å². The van der Waals surface area contributed by atoms with Gasteiger partial charge in [-0.15, -0.1) is 0 Å². The van der Waals surface area contributed by atoms with E-state index in [4.69, 9.17) is 9.72 Å². The number of hydrogen-bond acceptors (Lipinski definition) is 3. The first-order chi connectivity index (χ1) is 13.2. The van der Waals surface area contributed by atoms with Gasteiger partial charge in [0.2, 0.25) is 0 Å². The molecule has 4 heterocycles. The van der Waals surface area contributed by atoms with Gasteiger partial charge < -0.3 is 14.0 Å². The van der Waals surface area contributed by atoms with Crippen molar-refractivity contribution in [2.24, 2.45) is 0 Å². The number of ether oxygens (including phenoxy) is 1. The number of piperidine rings is 1. The summed E-state index contributed by atoms with van der Waals surface area (Å²) in [4.78, 5) is 7.30. The van der Waals surface area contributed by atoms with Crippen LogP contribution in [0.5, 0.6) is 5.75 Å². The normalized spacial score (nSPS) is 16.1. The van der Waals surface area contributed by atoms with Gasteiger partial charge in [0.15, 0.2) is 0 Å². The third-order valence-corrected chi connectivity index (χ3v) is 5.63. The van der Waals surface area contributed by atoms with Crippen LogP contribution in [-0.2, 0) is 0 Å². The van der Waals surface area contributed by atoms with Gasteiger partial charge in [-0.25, -0.2) is 4.98 Å². The van der Waals surface area contributed by atoms with Crippen molar-refractivity contribution < 1.29 is 4.74 Å². The van der Waals surface area contributed by atoms with Crippen LogP contribution in [0.3, 0.4) is 0 Å². The molecule has 2 aliphatic heterocycles. The Morgan fingerprint density at radius 3 is 2.41 bits per heavy atom. The molecule has 4 nitrogen and oxygen atoms in total. The van der Waals surface area contributed by atoms with Crippen molar-refractivity contribution in [3.05, 3.63) is 53.9 Å². The Morgan fingerprint density at radius 1 is 1.07 bits per heavy atom. The first kappa shape index (κ1) is 18.1. The summed E-state index contributed by atoms with van der Waals surface area (Å²) in [5.41, 5.74) is 5.34. The minimum atomic E-state index is 0.726. The summed E-state index contributed by atoms with van der Waals surface area (Å²) in [6.07, 6.45) is 8.06. The molecule has 0 aliphatic carbocycles. The summed E-state index contributed by atoms with van der Waals surface area (Å²) < 4.78 is 8.01. The molecule has 0 amide bonds. The zero-order valence-corrected chi connectivity index (χ0v) is 16.6. The molecule has 3 aromatic rings. The van der Waals surface area contributed by atoms with Crippen LogP contribution in [0.25, 0.3) is 16.9 Å². The Balaban J connectivity index is 0.000000250. The Bertz CT molecular complexity index is 913. The molecule has 0 unspecified atom stereocenters. The van der Waals surface area contributed by atoms with Gasteiger partial charge in [0.25, 0.3) is 0 Å². The fraction of sp³-hybridized carbons (Fsp3) is 0.435. The fourth-order valence-electron chi connectivity index (χ4n) is 3.78. The van der Waals surface area contributed by atoms with Gasteiger partial charge in [-0.05, 0) is 69.5 Å². The maximum Gasteiger partial charge on any atom is 0.140 e. The molecule has 0 radical (unpaired) electrons. The lowest BCUT2D eigenvalue weighted by atomic mass is 9.91. The lowest BCUT2D eigenvalue weighted by molar-refractivity contribution is -0.00222. The first-order valence-corrected chi connectivity index (χ1v) is 10.1. The molecule has 5 rings (SSSR count). The summed E-state index contributed by atoms with van der Waals surface area (Å²) in [6, 6.07) is 11.4. The average Bonchev–Trinajstić information content (AvgIpc) is 3.09. The van der Waals surface area contributed by atoms with Crippen LogP contribution in [0.4, 0.5) is 0 Å². The summed E-state index contributed by atoms with van der Waals surface area (Å²) in [7, 11) is 0. The molecule has 0 saturated carbocycles. The van der Waals surface area contributed by atoms with Crippen LogP contribution >= 0.6 is 0 Å². The second kappa shape index (κ2) is 7.73. The van der Waals surface area contributed by atoms with Gasteiger partial charge in [-0.2, -0.15) is 0 Å². The van der Waals surface area contributed by atoms with Crippen LogP contribution in [0.15, 0.2) is 42.7 Å². The highest BCUT2D eigenvalue weighted by Crippen LogP contribution is 2.33. The smallest absolute Gasteiger partial charge is 0.140 e. The largest absolute Gasteiger partial charge is 0.493 e. The molecule has 2 fully saturated rings. The minimum absolute atomic E-state index is 0.726. The van der Waals surface area contributed by atoms with Crippen molar-refractivity contribution >= 4 is 5.65 Å². The van der Waals surface area contributed by atoms with Crippen molar-refractivity contribution in [1.82, 2.24) is 14.3 Å². The van der Waals surface area contributed by atoms with Crippen molar-refractivity contribution in [2.45, 2.75) is 46.1 Å². The van der Waals surface area contributed by atoms with Gasteiger partial charge in [0.05, 0.1) is 12.3 Å². The monoisotopic (exact) mass is 363 g/mol. The van der Waals surface area contributed by atoms with Crippen LogP contribution in [0.2, 0.25) is 0 Å². The molecule has 0 atom stereocenters. The quantitative estimate of drug-likeness (QED) is 0.662. The maximum absolute atomic E-state index is 5.95. The fourth-order valence-corrected chi connectivity index (χ4v) is 3.78. The number of imidazole rings is 1. The molecule has 27 heavy (non-hydrogen) atoms. The number of para-hydroxylation sites is 1. The maximum atomic E-state index is 5.95. The number of benzene rings is 1. The Kier molecular flexibility index (Phi) is 5.17. The SMILES string of the molecule is C1CN2CCC12.CCCOc1c(C)cccc1-c1cn2cccc(C)c2n1. The number of aromatic nitrogens is 2. The zero-order valence-electron chi connectivity index (χ0n) is 16.6. The molecule has 0 N–H and O–H groups in total. The van der Waals surface area contributed by atoms with E-state index >= 15 is 0 Å². The lowest BCUT2D eigenvalue weighted by Crippen LogP contribution is -2.57. The Morgan fingerprint density at radius 2 is 1.81 bits per heavy atom. The van der Waals surface area contributed by atoms with E-state index < -0.39 is 0 Å². The topological polar surface area (TPSA) is 29.8 Å². The molecule has 2 saturated heterocycles. The molecule has 0 spiro atoms. The number of hydrogen-bond donors (Lipinski definition) is 0. The molecule has 4 heteroatoms. The van der Waals surface area contributed by atoms with Crippen LogP contribution in [0.1, 0.15) is 37.3 Å². The van der Waals surface area contributed by atoms with Gasteiger partial charge in [-0.3, -0.25) is 0 Å². The van der Waals surface area contributed by atoms with Gasteiger partial charge in [-0.1, -0.05) is 25.1 Å². The third-order valence-electron chi connectivity index (χ3n) is 5.63. The van der Waals surface area contributed by atoms with Crippen molar-refractivity contribution in [2.75, 3.05) is 19.7 Å². The average molecular weight is 364 g/mol. The highest BCUT2D eigenvalue weighted by molar-refractivity contribution is 5.71. The first-order valence-electron chi connectivity index (χ1n) is 10.1. The number of aryl methyl sites for hydroxylation is 2. The standard InChI is InChI=1S/C18H20N2O.C5H9N/c1-4-11-21-17-13(2)7-5-9-15(17)16-12-20-10-6-8-14(3)18(20)19-16;1-3-6-4-2-5(1)6/h5-10,12H,4,11H2,1-3H3;5H,1-4H2. The summed E-state index contributed by atoms with van der Waals surface area (Å²) in [5, 5.41) is 0. The predicted molar refractivity (Wildman–Crippen MR) is 110 cm³/mol. The zero-order chi connectivity index (χ0) is 18.8. The lowest BCUT2D eigenvalue weighted by Gasteiger charge is -2.50. The van der Waals surface area contributed by atoms with Crippen molar-refractivity contribution in [3.8, 4) is 17.0 Å². The van der Waals surface area contributed by atoms with E-state index in [0.717, 1.165) is 47.3 Å². The summed E-state index contributed by atoms with van der Waals surface area (Å²) >= 11 is 0. The van der Waals surface area contributed by atoms with E-state index in [1.807, 2.05) is 12.3 Å². The van der Waals surface area contributed by atoms with E-state index in [1.54, 1.807) is 0 Å². The van der Waals surface area contributed by atoms with Gasteiger partial charge >= 0.3 is 0 Å². The summed E-state index contributed by atoms with van der Waals surface area (Å²) in [6.45, 7) is 9.79. The number of fused-ring (bicyclic) bond motifs is 2. The van der Waals surface area contributed by atoms with Gasteiger partial charge in [0.1, 0.15) is 11.4 Å². The molecule has 1 aromatic carbocycles. The van der Waals surface area contributed by atoms with Gasteiger partial charge in [0, 0.05) is 24.0 Å². The number of nitrogens with zero attached hydrogens (tertiary/aromatic N) is 3. The molecule has 0 bridgehead atoms. The Hall–Kier alpha value is -2.33. The number of rotatable bonds is 4. The predicted octanol–water partition coefficient (Wildman–Crippen LogP) is 4.87. The van der Waals surface area contributed by atoms with Crippen LogP contribution in [0, 0.1) is 13.8 Å². The van der Waals surface area contributed by atoms with E-state index in [9.17, 15) is 0 Å². The number of pyridine rings is 1. The second-order valence-corrected chi connectivity index (χ2v) is 7.62. The van der Waals surface area contributed by atoms with Crippen molar-refractivity contribution in [1.29, 1.82) is 0 Å². The molecular formula is C23H29N3O. The molecule has 142 valence electrons. The molecule has 2 aliphatic rings. The molecule has 2 aromatic heterocycles. The highest BCUT2D eigenvalue weighted by atomic mass is 16.5. The van der Waals surface area contributed by atoms with E-state index in [0.29, 0.717) is 0 Å². The van der Waals surface area contributed by atoms with E-state index in [-0.39, 0.29) is 0 Å². The van der Waals surface area contributed by atoms with Crippen LogP contribution < -0.4 is 4.74 Å². The highest BCUT2D eigenvalue weighted by Gasteiger charge is 2.34. The van der Waals surface area contributed by atoms with E-state index in [2.05, 4.69) is 60.5 Å². The third kappa shape index (κ3) is 3.59. The Labute approximate surface area is 161 Å². The second-order valence-electron chi connectivity index (χ2n) is 7.62. The van der Waals surface area contributed by atoms with Crippen molar-refractivity contribution in [3.63, 3.8) is 0 Å². The van der Waals surface area contributed by atoms with Crippen LogP contribution in [-0.4, -0.2) is 40.0 Å².